The van der Waals surface area contributed by atoms with Crippen LogP contribution in [0.2, 0.25) is 5.02 Å². The quantitative estimate of drug-likeness (QED) is 0.654. The zero-order valence-corrected chi connectivity index (χ0v) is 13.6. The fourth-order valence-corrected chi connectivity index (χ4v) is 2.77. The van der Waals surface area contributed by atoms with Gasteiger partial charge in [-0.2, -0.15) is 0 Å². The highest BCUT2D eigenvalue weighted by atomic mass is 79.9. The zero-order valence-electron chi connectivity index (χ0n) is 11.3. The number of hydrogen-bond donors (Lipinski definition) is 0. The summed E-state index contributed by atoms with van der Waals surface area (Å²) in [6.45, 7) is -0.0992. The number of carbonyl (C=O) groups is 1. The highest BCUT2D eigenvalue weighted by molar-refractivity contribution is 9.10. The Balaban J connectivity index is 2.01. The minimum absolute atomic E-state index is 0.0992. The van der Waals surface area contributed by atoms with Gasteiger partial charge in [0.25, 0.3) is 5.56 Å². The van der Waals surface area contributed by atoms with Crippen molar-refractivity contribution >= 4 is 44.2 Å². The molecule has 0 radical (unpaired) electrons. The standard InChI is InChI=1S/C16H10BrClN2O2/c17-10-5-6-14-12(7-10)16(22)20(9-19-14)8-15(21)11-3-1-2-4-13(11)18/h1-7,9H,8H2. The van der Waals surface area contributed by atoms with Crippen molar-refractivity contribution in [1.82, 2.24) is 9.55 Å². The maximum atomic E-state index is 12.4. The number of fused-ring (bicyclic) bond motifs is 1. The van der Waals surface area contributed by atoms with Gasteiger partial charge in [0, 0.05) is 10.0 Å². The van der Waals surface area contributed by atoms with Gasteiger partial charge in [-0.15, -0.1) is 0 Å². The molecule has 0 N–H and O–H groups in total. The largest absolute Gasteiger partial charge is 0.292 e. The Bertz CT molecular complexity index is 937. The van der Waals surface area contributed by atoms with Gasteiger partial charge in [-0.3, -0.25) is 14.2 Å². The van der Waals surface area contributed by atoms with Gasteiger partial charge in [0.15, 0.2) is 5.78 Å². The lowest BCUT2D eigenvalue weighted by Crippen LogP contribution is -2.24. The lowest BCUT2D eigenvalue weighted by Gasteiger charge is -2.07. The van der Waals surface area contributed by atoms with E-state index in [1.54, 1.807) is 36.4 Å². The first-order chi connectivity index (χ1) is 10.6. The van der Waals surface area contributed by atoms with Gasteiger partial charge in [0.2, 0.25) is 0 Å². The Morgan fingerprint density at radius 3 is 2.77 bits per heavy atom. The second-order valence-electron chi connectivity index (χ2n) is 4.74. The molecule has 0 unspecified atom stereocenters. The van der Waals surface area contributed by atoms with Crippen LogP contribution in [0.3, 0.4) is 0 Å². The maximum Gasteiger partial charge on any atom is 0.261 e. The summed E-state index contributed by atoms with van der Waals surface area (Å²) in [5.74, 6) is -0.233. The molecule has 0 aliphatic carbocycles. The van der Waals surface area contributed by atoms with Crippen molar-refractivity contribution in [1.29, 1.82) is 0 Å². The van der Waals surface area contributed by atoms with Gasteiger partial charge in [0.1, 0.15) is 0 Å². The van der Waals surface area contributed by atoms with Gasteiger partial charge < -0.3 is 0 Å². The van der Waals surface area contributed by atoms with Gasteiger partial charge >= 0.3 is 0 Å². The molecule has 3 aromatic rings. The molecule has 0 fully saturated rings. The minimum Gasteiger partial charge on any atom is -0.292 e. The molecule has 4 nitrogen and oxygen atoms in total. The van der Waals surface area contributed by atoms with E-state index in [4.69, 9.17) is 11.6 Å². The minimum atomic E-state index is -0.258. The molecular formula is C16H10BrClN2O2. The fourth-order valence-electron chi connectivity index (χ4n) is 2.17. The molecule has 0 bridgehead atoms. The van der Waals surface area contributed by atoms with E-state index >= 15 is 0 Å². The summed E-state index contributed by atoms with van der Waals surface area (Å²) in [5.41, 5.74) is 0.728. The third-order valence-corrected chi connectivity index (χ3v) is 4.10. The number of carbonyl (C=O) groups excluding carboxylic acids is 1. The number of nitrogens with zero attached hydrogens (tertiary/aromatic N) is 2. The molecule has 0 spiro atoms. The number of halogens is 2. The summed E-state index contributed by atoms with van der Waals surface area (Å²) in [6.07, 6.45) is 1.38. The molecule has 110 valence electrons. The van der Waals surface area contributed by atoms with E-state index in [2.05, 4.69) is 20.9 Å². The number of ketones is 1. The fraction of sp³-hybridized carbons (Fsp3) is 0.0625. The van der Waals surface area contributed by atoms with Crippen LogP contribution in [0.25, 0.3) is 10.9 Å². The molecule has 0 aliphatic heterocycles. The Hall–Kier alpha value is -1.98. The van der Waals surface area contributed by atoms with Crippen LogP contribution < -0.4 is 5.56 Å². The number of hydrogen-bond acceptors (Lipinski definition) is 3. The average molecular weight is 378 g/mol. The SMILES string of the molecule is O=C(Cn1cnc2ccc(Br)cc2c1=O)c1ccccc1Cl. The third-order valence-electron chi connectivity index (χ3n) is 3.27. The molecule has 0 aliphatic rings. The Labute approximate surface area is 139 Å². The van der Waals surface area contributed by atoms with Crippen LogP contribution in [-0.2, 0) is 6.54 Å². The second kappa shape index (κ2) is 6.02. The van der Waals surface area contributed by atoms with E-state index in [1.165, 1.54) is 10.9 Å². The summed E-state index contributed by atoms with van der Waals surface area (Å²) in [5, 5.41) is 0.834. The van der Waals surface area contributed by atoms with Crippen molar-refractivity contribution in [3.8, 4) is 0 Å². The molecule has 1 heterocycles. The van der Waals surface area contributed by atoms with Crippen molar-refractivity contribution in [3.05, 3.63) is 74.2 Å². The van der Waals surface area contributed by atoms with Gasteiger partial charge in [-0.1, -0.05) is 39.7 Å². The van der Waals surface area contributed by atoms with Gasteiger partial charge in [0.05, 0.1) is 28.8 Å². The van der Waals surface area contributed by atoms with Crippen molar-refractivity contribution in [3.63, 3.8) is 0 Å². The van der Waals surface area contributed by atoms with E-state index in [9.17, 15) is 9.59 Å². The molecule has 22 heavy (non-hydrogen) atoms. The second-order valence-corrected chi connectivity index (χ2v) is 6.06. The molecule has 0 amide bonds. The number of aromatic nitrogens is 2. The van der Waals surface area contributed by atoms with E-state index in [-0.39, 0.29) is 17.9 Å². The monoisotopic (exact) mass is 376 g/mol. The lowest BCUT2D eigenvalue weighted by molar-refractivity contribution is 0.0971. The molecule has 2 aromatic carbocycles. The number of rotatable bonds is 3. The highest BCUT2D eigenvalue weighted by Crippen LogP contribution is 2.17. The maximum absolute atomic E-state index is 12.4. The number of benzene rings is 2. The average Bonchev–Trinajstić information content (AvgIpc) is 2.51. The molecule has 3 rings (SSSR count). The first-order valence-electron chi connectivity index (χ1n) is 6.48. The molecular weight excluding hydrogens is 368 g/mol. The smallest absolute Gasteiger partial charge is 0.261 e. The number of Topliss-reactive ketones (excluding diaryl/α,β-unsaturated/α-hetero) is 1. The van der Waals surface area contributed by atoms with Crippen LogP contribution in [0.4, 0.5) is 0 Å². The van der Waals surface area contributed by atoms with Crippen LogP contribution >= 0.6 is 27.5 Å². The normalized spacial score (nSPS) is 10.8. The van der Waals surface area contributed by atoms with Gasteiger partial charge in [-0.05, 0) is 30.3 Å². The molecule has 0 saturated heterocycles. The van der Waals surface area contributed by atoms with Crippen LogP contribution in [0.5, 0.6) is 0 Å². The van der Waals surface area contributed by atoms with Crippen molar-refractivity contribution in [2.75, 3.05) is 0 Å². The predicted octanol–water partition coefficient (Wildman–Crippen LogP) is 3.70. The summed E-state index contributed by atoms with van der Waals surface area (Å²) in [7, 11) is 0. The first kappa shape index (κ1) is 14.9. The summed E-state index contributed by atoms with van der Waals surface area (Å²) in [6, 6.07) is 12.0. The topological polar surface area (TPSA) is 52.0 Å². The molecule has 0 saturated carbocycles. The molecule has 1 aromatic heterocycles. The van der Waals surface area contributed by atoms with E-state index in [1.807, 2.05) is 6.07 Å². The van der Waals surface area contributed by atoms with Crippen LogP contribution in [-0.4, -0.2) is 15.3 Å². The van der Waals surface area contributed by atoms with Crippen LogP contribution in [0, 0.1) is 0 Å². The Kier molecular flexibility index (Phi) is 4.09. The third kappa shape index (κ3) is 2.82. The summed E-state index contributed by atoms with van der Waals surface area (Å²) < 4.78 is 2.08. The van der Waals surface area contributed by atoms with Crippen LogP contribution in [0.1, 0.15) is 10.4 Å². The van der Waals surface area contributed by atoms with Crippen molar-refractivity contribution in [2.45, 2.75) is 6.54 Å². The molecule has 0 atom stereocenters. The Morgan fingerprint density at radius 1 is 1.23 bits per heavy atom. The predicted molar refractivity (Wildman–Crippen MR) is 89.5 cm³/mol. The van der Waals surface area contributed by atoms with Gasteiger partial charge in [-0.25, -0.2) is 4.98 Å². The molecule has 6 heteroatoms. The zero-order chi connectivity index (χ0) is 15.7. The first-order valence-corrected chi connectivity index (χ1v) is 7.66. The highest BCUT2D eigenvalue weighted by Gasteiger charge is 2.12. The lowest BCUT2D eigenvalue weighted by atomic mass is 10.1. The van der Waals surface area contributed by atoms with E-state index < -0.39 is 0 Å². The van der Waals surface area contributed by atoms with E-state index in [0.29, 0.717) is 21.5 Å². The van der Waals surface area contributed by atoms with Crippen molar-refractivity contribution in [2.24, 2.45) is 0 Å². The van der Waals surface area contributed by atoms with Crippen LogP contribution in [0.15, 0.2) is 58.1 Å². The van der Waals surface area contributed by atoms with E-state index in [0.717, 1.165) is 4.47 Å². The summed E-state index contributed by atoms with van der Waals surface area (Å²) >= 11 is 9.34. The summed E-state index contributed by atoms with van der Waals surface area (Å²) in [4.78, 5) is 29.0. The Morgan fingerprint density at radius 2 is 2.00 bits per heavy atom. The van der Waals surface area contributed by atoms with Crippen molar-refractivity contribution < 1.29 is 4.79 Å².